The predicted octanol–water partition coefficient (Wildman–Crippen LogP) is 5.10. The third-order valence-corrected chi connectivity index (χ3v) is 5.56. The van der Waals surface area contributed by atoms with Gasteiger partial charge < -0.3 is 14.5 Å². The summed E-state index contributed by atoms with van der Waals surface area (Å²) in [5.74, 6) is 0.431. The van der Waals surface area contributed by atoms with E-state index in [0.717, 1.165) is 22.3 Å². The van der Waals surface area contributed by atoms with Crippen molar-refractivity contribution in [2.75, 3.05) is 7.11 Å². The lowest BCUT2D eigenvalue weighted by Crippen LogP contribution is -2.22. The van der Waals surface area contributed by atoms with Crippen LogP contribution in [0.4, 0.5) is 4.39 Å². The molecule has 1 N–H and O–H groups in total. The summed E-state index contributed by atoms with van der Waals surface area (Å²) in [6.45, 7) is 0.248. The maximum absolute atomic E-state index is 12.9. The van der Waals surface area contributed by atoms with E-state index in [2.05, 4.69) is 15.5 Å². The van der Waals surface area contributed by atoms with Gasteiger partial charge in [-0.05, 0) is 29.8 Å². The molecule has 0 bridgehead atoms. The zero-order valence-corrected chi connectivity index (χ0v) is 17.3. The molecule has 6 nitrogen and oxygen atoms in total. The van der Waals surface area contributed by atoms with Crippen LogP contribution in [0.25, 0.3) is 22.1 Å². The summed E-state index contributed by atoms with van der Waals surface area (Å²) in [5, 5.41) is 12.3. The van der Waals surface area contributed by atoms with Crippen LogP contribution < -0.4 is 10.1 Å². The summed E-state index contributed by atoms with van der Waals surface area (Å²) in [6, 6.07) is 13.3. The average Bonchev–Trinajstić information content (AvgIpc) is 3.40. The van der Waals surface area contributed by atoms with Crippen LogP contribution in [0.15, 0.2) is 52.9 Å². The zero-order chi connectivity index (χ0) is 21.1. The number of carbonyl (C=O) groups is 1. The van der Waals surface area contributed by atoms with Crippen molar-refractivity contribution in [2.45, 2.75) is 6.54 Å². The van der Waals surface area contributed by atoms with E-state index in [-0.39, 0.29) is 23.3 Å². The van der Waals surface area contributed by atoms with Crippen molar-refractivity contribution < 1.29 is 18.3 Å². The first-order chi connectivity index (χ1) is 14.5. The monoisotopic (exact) mass is 443 g/mol. The number of nitrogens with zero attached hydrogens (tertiary/aromatic N) is 2. The smallest absolute Gasteiger partial charge is 0.282 e. The van der Waals surface area contributed by atoms with Crippen LogP contribution in [0.2, 0.25) is 0 Å². The van der Waals surface area contributed by atoms with Gasteiger partial charge in [-0.2, -0.15) is 0 Å². The van der Waals surface area contributed by atoms with Crippen molar-refractivity contribution in [3.8, 4) is 5.75 Å². The number of carbonyl (C=O) groups excluding carboxylic acids is 1. The summed E-state index contributed by atoms with van der Waals surface area (Å²) in [4.78, 5) is 12.3. The average molecular weight is 444 g/mol. The molecule has 0 aliphatic carbocycles. The first kappa shape index (κ1) is 20.1. The van der Waals surface area contributed by atoms with Crippen molar-refractivity contribution >= 4 is 50.9 Å². The van der Waals surface area contributed by atoms with Gasteiger partial charge in [0.05, 0.1) is 12.1 Å². The summed E-state index contributed by atoms with van der Waals surface area (Å²) in [6.07, 6.45) is 1.61. The molecule has 4 rings (SSSR count). The number of hydrogen-bond acceptors (Lipinski definition) is 6. The van der Waals surface area contributed by atoms with Crippen molar-refractivity contribution in [3.05, 3.63) is 75.7 Å². The van der Waals surface area contributed by atoms with Crippen molar-refractivity contribution in [1.82, 2.24) is 15.5 Å². The summed E-state index contributed by atoms with van der Waals surface area (Å²) < 4.78 is 24.0. The van der Waals surface area contributed by atoms with E-state index in [0.29, 0.717) is 27.1 Å². The SMILES string of the molecule is COc1cccc2cc(/C=C(\Cl)c3nnc(C(=O)NCc4ccc(F)cc4)s3)oc12. The first-order valence-electron chi connectivity index (χ1n) is 8.84. The van der Waals surface area contributed by atoms with Crippen molar-refractivity contribution in [1.29, 1.82) is 0 Å². The van der Waals surface area contributed by atoms with Gasteiger partial charge in [0, 0.05) is 18.0 Å². The summed E-state index contributed by atoms with van der Waals surface area (Å²) in [7, 11) is 1.57. The second kappa shape index (κ2) is 8.64. The first-order valence-corrected chi connectivity index (χ1v) is 10.0. The Hall–Kier alpha value is -3.23. The molecule has 0 unspecified atom stereocenters. The number of amides is 1. The molecule has 0 spiro atoms. The highest BCUT2D eigenvalue weighted by molar-refractivity contribution is 7.15. The number of nitrogens with one attached hydrogen (secondary N) is 1. The highest BCUT2D eigenvalue weighted by atomic mass is 35.5. The minimum Gasteiger partial charge on any atom is -0.493 e. The minimum absolute atomic E-state index is 0.171. The number of halogens is 2. The number of aromatic nitrogens is 2. The molecule has 4 aromatic rings. The van der Waals surface area contributed by atoms with E-state index < -0.39 is 0 Å². The standard InChI is InChI=1S/C21H15ClFN3O3S/c1-28-17-4-2-3-13-9-15(29-18(13)17)10-16(22)20-25-26-21(30-20)19(27)24-11-12-5-7-14(23)8-6-12/h2-10H,11H2,1H3,(H,24,27)/b16-10-. The third kappa shape index (κ3) is 4.34. The van der Waals surface area contributed by atoms with Crippen LogP contribution >= 0.6 is 22.9 Å². The molecule has 1 amide bonds. The topological polar surface area (TPSA) is 77.2 Å². The zero-order valence-electron chi connectivity index (χ0n) is 15.7. The van der Waals surface area contributed by atoms with Crippen LogP contribution in [-0.2, 0) is 6.54 Å². The Bertz CT molecular complexity index is 1230. The molecular formula is C21H15ClFN3O3S. The Morgan fingerprint density at radius 1 is 1.23 bits per heavy atom. The number of fused-ring (bicyclic) bond motifs is 1. The number of benzene rings is 2. The molecule has 0 saturated heterocycles. The van der Waals surface area contributed by atoms with Crippen LogP contribution in [-0.4, -0.2) is 23.2 Å². The molecule has 9 heteroatoms. The van der Waals surface area contributed by atoms with E-state index in [1.165, 1.54) is 12.1 Å². The molecule has 0 radical (unpaired) electrons. The molecule has 2 aromatic heterocycles. The Kier molecular flexibility index (Phi) is 5.78. The van der Waals surface area contributed by atoms with Gasteiger partial charge >= 0.3 is 0 Å². The molecule has 152 valence electrons. The Morgan fingerprint density at radius 2 is 2.00 bits per heavy atom. The highest BCUT2D eigenvalue weighted by Crippen LogP contribution is 2.31. The van der Waals surface area contributed by atoms with Gasteiger partial charge in [0.1, 0.15) is 11.6 Å². The summed E-state index contributed by atoms with van der Waals surface area (Å²) >= 11 is 7.42. The Balaban J connectivity index is 1.47. The minimum atomic E-state index is -0.388. The molecular weight excluding hydrogens is 429 g/mol. The van der Waals surface area contributed by atoms with Gasteiger partial charge in [0.2, 0.25) is 5.01 Å². The third-order valence-electron chi connectivity index (χ3n) is 4.21. The lowest BCUT2D eigenvalue weighted by Gasteiger charge is -2.02. The maximum atomic E-state index is 12.9. The van der Waals surface area contributed by atoms with Gasteiger partial charge in [-0.25, -0.2) is 4.39 Å². The second-order valence-electron chi connectivity index (χ2n) is 6.24. The van der Waals surface area contributed by atoms with Gasteiger partial charge in [0.15, 0.2) is 16.3 Å². The largest absolute Gasteiger partial charge is 0.493 e. The van der Waals surface area contributed by atoms with Crippen molar-refractivity contribution in [2.24, 2.45) is 0 Å². The Labute approximate surface area is 179 Å². The van der Waals surface area contributed by atoms with Gasteiger partial charge in [-0.3, -0.25) is 4.79 Å². The molecule has 2 aromatic carbocycles. The fraction of sp³-hybridized carbons (Fsp3) is 0.0952. The van der Waals surface area contributed by atoms with Crippen LogP contribution in [0.1, 0.15) is 26.1 Å². The van der Waals surface area contributed by atoms with Crippen LogP contribution in [0, 0.1) is 5.82 Å². The van der Waals surface area contributed by atoms with Gasteiger partial charge in [0.25, 0.3) is 5.91 Å². The maximum Gasteiger partial charge on any atom is 0.282 e. The molecule has 2 heterocycles. The van der Waals surface area contributed by atoms with Crippen molar-refractivity contribution in [3.63, 3.8) is 0 Å². The fourth-order valence-corrected chi connectivity index (χ4v) is 3.68. The van der Waals surface area contributed by atoms with E-state index in [9.17, 15) is 9.18 Å². The molecule has 0 aliphatic rings. The van der Waals surface area contributed by atoms with E-state index in [4.69, 9.17) is 20.8 Å². The number of hydrogen-bond donors (Lipinski definition) is 1. The molecule has 0 aliphatic heterocycles. The van der Waals surface area contributed by atoms with E-state index >= 15 is 0 Å². The van der Waals surface area contributed by atoms with E-state index in [1.54, 1.807) is 25.3 Å². The van der Waals surface area contributed by atoms with Gasteiger partial charge in [-0.15, -0.1) is 10.2 Å². The Morgan fingerprint density at radius 3 is 2.77 bits per heavy atom. The number of rotatable bonds is 6. The molecule has 0 atom stereocenters. The predicted molar refractivity (Wildman–Crippen MR) is 114 cm³/mol. The number of ether oxygens (including phenoxy) is 1. The fourth-order valence-electron chi connectivity index (χ4n) is 2.75. The lowest BCUT2D eigenvalue weighted by atomic mass is 10.2. The quantitative estimate of drug-likeness (QED) is 0.448. The molecule has 0 fully saturated rings. The normalized spacial score (nSPS) is 11.6. The lowest BCUT2D eigenvalue weighted by molar-refractivity contribution is 0.0950. The van der Waals surface area contributed by atoms with Gasteiger partial charge in [-0.1, -0.05) is 47.2 Å². The highest BCUT2D eigenvalue weighted by Gasteiger charge is 2.15. The number of para-hydroxylation sites is 1. The number of methoxy groups -OCH3 is 1. The molecule has 30 heavy (non-hydrogen) atoms. The number of furan rings is 1. The summed E-state index contributed by atoms with van der Waals surface area (Å²) in [5.41, 5.74) is 1.39. The van der Waals surface area contributed by atoms with Crippen LogP contribution in [0.5, 0.6) is 5.75 Å². The molecule has 0 saturated carbocycles. The van der Waals surface area contributed by atoms with Crippen LogP contribution in [0.3, 0.4) is 0 Å². The second-order valence-corrected chi connectivity index (χ2v) is 7.63. The van der Waals surface area contributed by atoms with E-state index in [1.807, 2.05) is 24.3 Å².